The van der Waals surface area contributed by atoms with Crippen LogP contribution in [0.25, 0.3) is 5.52 Å². The third-order valence-corrected chi connectivity index (χ3v) is 2.49. The molecule has 78 valence electrons. The molecule has 0 aliphatic rings. The first kappa shape index (κ1) is 9.98. The summed E-state index contributed by atoms with van der Waals surface area (Å²) in [4.78, 5) is 14.8. The SMILES string of the molecule is Cc1nc(Cl)c2c(CC(=O)O)cccn12. The van der Waals surface area contributed by atoms with E-state index < -0.39 is 5.97 Å². The van der Waals surface area contributed by atoms with Crippen LogP contribution in [0.2, 0.25) is 5.15 Å². The number of aryl methyl sites for hydroxylation is 1. The molecule has 5 heteroatoms. The van der Waals surface area contributed by atoms with E-state index in [2.05, 4.69) is 4.98 Å². The number of aliphatic carboxylic acids is 1. The van der Waals surface area contributed by atoms with Crippen LogP contribution in [0.1, 0.15) is 11.4 Å². The molecule has 2 heterocycles. The molecule has 0 aliphatic heterocycles. The van der Waals surface area contributed by atoms with Crippen LogP contribution in [-0.2, 0) is 11.2 Å². The van der Waals surface area contributed by atoms with Gasteiger partial charge in [-0.3, -0.25) is 4.79 Å². The molecule has 4 nitrogen and oxygen atoms in total. The first-order valence-corrected chi connectivity index (χ1v) is 4.81. The highest BCUT2D eigenvalue weighted by atomic mass is 35.5. The highest BCUT2D eigenvalue weighted by Gasteiger charge is 2.12. The molecule has 0 amide bonds. The van der Waals surface area contributed by atoms with Gasteiger partial charge in [-0.05, 0) is 18.6 Å². The van der Waals surface area contributed by atoms with Gasteiger partial charge in [0.25, 0.3) is 0 Å². The lowest BCUT2D eigenvalue weighted by molar-refractivity contribution is -0.136. The van der Waals surface area contributed by atoms with E-state index in [0.717, 1.165) is 5.82 Å². The summed E-state index contributed by atoms with van der Waals surface area (Å²) in [5, 5.41) is 9.10. The van der Waals surface area contributed by atoms with Gasteiger partial charge >= 0.3 is 5.97 Å². The summed E-state index contributed by atoms with van der Waals surface area (Å²) in [7, 11) is 0. The fraction of sp³-hybridized carbons (Fsp3) is 0.200. The van der Waals surface area contributed by atoms with Gasteiger partial charge < -0.3 is 9.51 Å². The van der Waals surface area contributed by atoms with Crippen LogP contribution in [0.15, 0.2) is 18.3 Å². The molecule has 0 aliphatic carbocycles. The number of nitrogens with zero attached hydrogens (tertiary/aromatic N) is 2. The summed E-state index contributed by atoms with van der Waals surface area (Å²) in [5.74, 6) is -0.125. The van der Waals surface area contributed by atoms with E-state index in [1.165, 1.54) is 0 Å². The summed E-state index contributed by atoms with van der Waals surface area (Å²) in [6.45, 7) is 1.82. The van der Waals surface area contributed by atoms with Gasteiger partial charge in [0.05, 0.1) is 11.9 Å². The van der Waals surface area contributed by atoms with Crippen LogP contribution < -0.4 is 0 Å². The fourth-order valence-electron chi connectivity index (χ4n) is 1.61. The first-order chi connectivity index (χ1) is 7.09. The van der Waals surface area contributed by atoms with E-state index in [-0.39, 0.29) is 6.42 Å². The van der Waals surface area contributed by atoms with Crippen LogP contribution in [0, 0.1) is 6.92 Å². The Bertz CT molecular complexity index is 533. The number of hydrogen-bond donors (Lipinski definition) is 1. The van der Waals surface area contributed by atoms with Crippen LogP contribution in [0.4, 0.5) is 0 Å². The van der Waals surface area contributed by atoms with Gasteiger partial charge in [0.2, 0.25) is 0 Å². The molecular formula is C10H9ClN2O2. The average molecular weight is 225 g/mol. The number of hydrogen-bond acceptors (Lipinski definition) is 2. The lowest BCUT2D eigenvalue weighted by Crippen LogP contribution is -2.02. The Morgan fingerprint density at radius 3 is 3.07 bits per heavy atom. The van der Waals surface area contributed by atoms with Crippen molar-refractivity contribution in [3.63, 3.8) is 0 Å². The van der Waals surface area contributed by atoms with E-state index in [1.807, 2.05) is 13.1 Å². The summed E-state index contributed by atoms with van der Waals surface area (Å²) < 4.78 is 1.79. The Balaban J connectivity index is 2.69. The number of aromatic nitrogens is 2. The number of carboxylic acid groups (broad SMARTS) is 1. The smallest absolute Gasteiger partial charge is 0.307 e. The van der Waals surface area contributed by atoms with E-state index >= 15 is 0 Å². The zero-order valence-electron chi connectivity index (χ0n) is 8.07. The van der Waals surface area contributed by atoms with Crippen molar-refractivity contribution in [2.75, 3.05) is 0 Å². The molecule has 0 radical (unpaired) electrons. The molecule has 0 unspecified atom stereocenters. The van der Waals surface area contributed by atoms with E-state index in [0.29, 0.717) is 16.2 Å². The molecule has 0 aromatic carbocycles. The summed E-state index contributed by atoms with van der Waals surface area (Å²) in [5.41, 5.74) is 1.36. The summed E-state index contributed by atoms with van der Waals surface area (Å²) in [6, 6.07) is 3.53. The molecule has 15 heavy (non-hydrogen) atoms. The van der Waals surface area contributed by atoms with Crippen molar-refractivity contribution in [3.05, 3.63) is 34.9 Å². The maximum Gasteiger partial charge on any atom is 0.307 e. The highest BCUT2D eigenvalue weighted by molar-refractivity contribution is 6.33. The third-order valence-electron chi connectivity index (χ3n) is 2.22. The number of pyridine rings is 1. The maximum atomic E-state index is 10.7. The standard InChI is InChI=1S/C10H9ClN2O2/c1-6-12-10(11)9-7(5-8(14)15)3-2-4-13(6)9/h2-4H,5H2,1H3,(H,14,15). The minimum absolute atomic E-state index is 0.0464. The molecular weight excluding hydrogens is 216 g/mol. The Labute approximate surface area is 91.1 Å². The number of imidazole rings is 1. The number of fused-ring (bicyclic) bond motifs is 1. The van der Waals surface area contributed by atoms with Crippen molar-refractivity contribution in [1.29, 1.82) is 0 Å². The van der Waals surface area contributed by atoms with Crippen LogP contribution in [0.3, 0.4) is 0 Å². The van der Waals surface area contributed by atoms with Gasteiger partial charge in [0.15, 0.2) is 5.15 Å². The quantitative estimate of drug-likeness (QED) is 0.848. The highest BCUT2D eigenvalue weighted by Crippen LogP contribution is 2.22. The second-order valence-electron chi connectivity index (χ2n) is 3.27. The Hall–Kier alpha value is -1.55. The van der Waals surface area contributed by atoms with Crippen molar-refractivity contribution in [1.82, 2.24) is 9.38 Å². The van der Waals surface area contributed by atoms with Crippen LogP contribution >= 0.6 is 11.6 Å². The summed E-state index contributed by atoms with van der Waals surface area (Å²) in [6.07, 6.45) is 1.77. The maximum absolute atomic E-state index is 10.7. The minimum atomic E-state index is -0.877. The second-order valence-corrected chi connectivity index (χ2v) is 3.63. The average Bonchev–Trinajstić information content (AvgIpc) is 2.43. The minimum Gasteiger partial charge on any atom is -0.481 e. The monoisotopic (exact) mass is 224 g/mol. The molecule has 0 fully saturated rings. The van der Waals surface area contributed by atoms with Crippen molar-refractivity contribution < 1.29 is 9.90 Å². The van der Waals surface area contributed by atoms with Gasteiger partial charge in [-0.15, -0.1) is 0 Å². The fourth-order valence-corrected chi connectivity index (χ4v) is 1.94. The number of carbonyl (C=O) groups is 1. The van der Waals surface area contributed by atoms with Gasteiger partial charge in [0, 0.05) is 6.20 Å². The van der Waals surface area contributed by atoms with E-state index in [9.17, 15) is 4.79 Å². The van der Waals surface area contributed by atoms with Crippen molar-refractivity contribution in [2.45, 2.75) is 13.3 Å². The third kappa shape index (κ3) is 1.68. The normalized spacial score (nSPS) is 10.8. The lowest BCUT2D eigenvalue weighted by atomic mass is 10.2. The molecule has 0 atom stereocenters. The van der Waals surface area contributed by atoms with Crippen molar-refractivity contribution >= 4 is 23.1 Å². The van der Waals surface area contributed by atoms with Gasteiger partial charge in [-0.1, -0.05) is 17.7 Å². The van der Waals surface area contributed by atoms with Crippen LogP contribution in [0.5, 0.6) is 0 Å². The predicted octanol–water partition coefficient (Wildman–Crippen LogP) is 1.92. The number of carboxylic acids is 1. The van der Waals surface area contributed by atoms with Gasteiger partial charge in [0.1, 0.15) is 5.82 Å². The Kier molecular flexibility index (Phi) is 2.36. The van der Waals surface area contributed by atoms with E-state index in [4.69, 9.17) is 16.7 Å². The second kappa shape index (κ2) is 3.55. The zero-order chi connectivity index (χ0) is 11.0. The Morgan fingerprint density at radius 1 is 1.67 bits per heavy atom. The molecule has 2 rings (SSSR count). The first-order valence-electron chi connectivity index (χ1n) is 4.43. The van der Waals surface area contributed by atoms with Gasteiger partial charge in [-0.25, -0.2) is 4.98 Å². The molecule has 0 spiro atoms. The molecule has 1 N–H and O–H groups in total. The predicted molar refractivity (Wildman–Crippen MR) is 56.3 cm³/mol. The Morgan fingerprint density at radius 2 is 2.40 bits per heavy atom. The number of rotatable bonds is 2. The molecule has 0 saturated carbocycles. The van der Waals surface area contributed by atoms with Crippen molar-refractivity contribution in [2.24, 2.45) is 0 Å². The molecule has 2 aromatic heterocycles. The summed E-state index contributed by atoms with van der Waals surface area (Å²) >= 11 is 5.94. The van der Waals surface area contributed by atoms with Gasteiger partial charge in [-0.2, -0.15) is 0 Å². The molecule has 0 bridgehead atoms. The number of halogens is 1. The van der Waals surface area contributed by atoms with Crippen molar-refractivity contribution in [3.8, 4) is 0 Å². The van der Waals surface area contributed by atoms with Crippen LogP contribution in [-0.4, -0.2) is 20.5 Å². The zero-order valence-corrected chi connectivity index (χ0v) is 8.82. The van der Waals surface area contributed by atoms with E-state index in [1.54, 1.807) is 16.5 Å². The topological polar surface area (TPSA) is 54.6 Å². The lowest BCUT2D eigenvalue weighted by Gasteiger charge is -2.01. The molecule has 2 aromatic rings. The largest absolute Gasteiger partial charge is 0.481 e. The molecule has 0 saturated heterocycles.